The summed E-state index contributed by atoms with van der Waals surface area (Å²) in [6.07, 6.45) is 7.78. The van der Waals surface area contributed by atoms with Crippen LogP contribution in [0.2, 0.25) is 5.02 Å². The zero-order valence-electron chi connectivity index (χ0n) is 12.0. The number of amides is 1. The summed E-state index contributed by atoms with van der Waals surface area (Å²) in [5.74, 6) is 0.0841. The quantitative estimate of drug-likeness (QED) is 0.641. The van der Waals surface area contributed by atoms with E-state index in [9.17, 15) is 4.79 Å². The highest BCUT2D eigenvalue weighted by atomic mass is 35.5. The Morgan fingerprint density at radius 1 is 1.16 bits per heavy atom. The van der Waals surface area contributed by atoms with Crippen LogP contribution >= 0.6 is 11.6 Å². The average molecular weight is 282 g/mol. The van der Waals surface area contributed by atoms with Crippen molar-refractivity contribution in [3.63, 3.8) is 0 Å². The fourth-order valence-corrected chi connectivity index (χ4v) is 2.18. The Hall–Kier alpha value is -1.02. The van der Waals surface area contributed by atoms with Crippen molar-refractivity contribution in [1.29, 1.82) is 0 Å². The van der Waals surface area contributed by atoms with Crippen LogP contribution in [-0.2, 0) is 4.79 Å². The lowest BCUT2D eigenvalue weighted by Crippen LogP contribution is -2.12. The van der Waals surface area contributed by atoms with Gasteiger partial charge in [-0.2, -0.15) is 0 Å². The molecule has 0 aliphatic rings. The van der Waals surface area contributed by atoms with Gasteiger partial charge in [0.1, 0.15) is 0 Å². The van der Waals surface area contributed by atoms with Crippen LogP contribution in [0, 0.1) is 6.92 Å². The summed E-state index contributed by atoms with van der Waals surface area (Å²) in [5, 5.41) is 3.58. The number of benzene rings is 1. The Morgan fingerprint density at radius 2 is 1.84 bits per heavy atom. The molecule has 0 spiro atoms. The molecule has 1 rings (SSSR count). The summed E-state index contributed by atoms with van der Waals surface area (Å²) in [6, 6.07) is 5.55. The summed E-state index contributed by atoms with van der Waals surface area (Å²) < 4.78 is 0. The Bertz CT molecular complexity index is 404. The smallest absolute Gasteiger partial charge is 0.224 e. The lowest BCUT2D eigenvalue weighted by Gasteiger charge is -2.08. The zero-order chi connectivity index (χ0) is 14.1. The van der Waals surface area contributed by atoms with Crippen LogP contribution in [0.5, 0.6) is 0 Å². The lowest BCUT2D eigenvalue weighted by molar-refractivity contribution is -0.116. The van der Waals surface area contributed by atoms with Gasteiger partial charge in [0.05, 0.1) is 0 Å². The van der Waals surface area contributed by atoms with E-state index in [-0.39, 0.29) is 5.91 Å². The number of carbonyl (C=O) groups is 1. The molecule has 1 amide bonds. The van der Waals surface area contributed by atoms with E-state index < -0.39 is 0 Å². The molecule has 3 heteroatoms. The molecule has 1 N–H and O–H groups in total. The molecule has 0 fully saturated rings. The van der Waals surface area contributed by atoms with Gasteiger partial charge in [-0.25, -0.2) is 0 Å². The highest BCUT2D eigenvalue weighted by Crippen LogP contribution is 2.20. The third-order valence-corrected chi connectivity index (χ3v) is 3.47. The third-order valence-electron chi connectivity index (χ3n) is 3.23. The molecule has 0 unspecified atom stereocenters. The van der Waals surface area contributed by atoms with E-state index in [0.29, 0.717) is 11.4 Å². The number of hydrogen-bond donors (Lipinski definition) is 1. The number of unbranched alkanes of at least 4 members (excludes halogenated alkanes) is 5. The molecular formula is C16H24ClNO. The van der Waals surface area contributed by atoms with Crippen LogP contribution in [0.4, 0.5) is 5.69 Å². The Balaban J connectivity index is 2.25. The highest BCUT2D eigenvalue weighted by Gasteiger charge is 2.05. The standard InChI is InChI=1S/C16H24ClNO/c1-3-4-5-6-7-8-9-16(19)18-15-12-14(17)11-10-13(15)2/h10-12H,3-9H2,1-2H3,(H,18,19). The first-order chi connectivity index (χ1) is 9.13. The Morgan fingerprint density at radius 3 is 2.58 bits per heavy atom. The normalized spacial score (nSPS) is 10.5. The van der Waals surface area contributed by atoms with Gasteiger partial charge >= 0.3 is 0 Å². The van der Waals surface area contributed by atoms with Gasteiger partial charge in [-0.15, -0.1) is 0 Å². The van der Waals surface area contributed by atoms with Crippen molar-refractivity contribution >= 4 is 23.2 Å². The number of aryl methyl sites for hydroxylation is 1. The van der Waals surface area contributed by atoms with Gasteiger partial charge < -0.3 is 5.32 Å². The molecule has 0 aliphatic heterocycles. The van der Waals surface area contributed by atoms with E-state index in [0.717, 1.165) is 24.1 Å². The molecule has 0 aromatic heterocycles. The number of anilines is 1. The first-order valence-electron chi connectivity index (χ1n) is 7.19. The maximum absolute atomic E-state index is 11.8. The molecule has 1 aromatic carbocycles. The maximum atomic E-state index is 11.8. The minimum absolute atomic E-state index is 0.0841. The van der Waals surface area contributed by atoms with Crippen molar-refractivity contribution in [2.75, 3.05) is 5.32 Å². The topological polar surface area (TPSA) is 29.1 Å². The van der Waals surface area contributed by atoms with Crippen molar-refractivity contribution in [3.8, 4) is 0 Å². The molecule has 0 saturated heterocycles. The van der Waals surface area contributed by atoms with E-state index in [2.05, 4.69) is 12.2 Å². The third kappa shape index (κ3) is 6.63. The Labute approximate surface area is 121 Å². The number of carbonyl (C=O) groups excluding carboxylic acids is 1. The largest absolute Gasteiger partial charge is 0.326 e. The van der Waals surface area contributed by atoms with Crippen LogP contribution in [0.25, 0.3) is 0 Å². The van der Waals surface area contributed by atoms with Gasteiger partial charge in [-0.3, -0.25) is 4.79 Å². The second kappa shape index (κ2) is 8.98. The summed E-state index contributed by atoms with van der Waals surface area (Å²) in [6.45, 7) is 4.18. The van der Waals surface area contributed by atoms with Gasteiger partial charge in [-0.1, -0.05) is 56.7 Å². The molecule has 106 valence electrons. The number of halogens is 1. The average Bonchev–Trinajstić information content (AvgIpc) is 2.38. The van der Waals surface area contributed by atoms with Crippen molar-refractivity contribution in [3.05, 3.63) is 28.8 Å². The van der Waals surface area contributed by atoms with Crippen molar-refractivity contribution in [2.24, 2.45) is 0 Å². The molecule has 19 heavy (non-hydrogen) atoms. The monoisotopic (exact) mass is 281 g/mol. The molecule has 2 nitrogen and oxygen atoms in total. The van der Waals surface area contributed by atoms with Crippen LogP contribution in [0.3, 0.4) is 0 Å². The minimum Gasteiger partial charge on any atom is -0.326 e. The molecule has 0 bridgehead atoms. The molecule has 0 aliphatic carbocycles. The SMILES string of the molecule is CCCCCCCCC(=O)Nc1cc(Cl)ccc1C. The van der Waals surface area contributed by atoms with Gasteiger partial charge in [0.15, 0.2) is 0 Å². The summed E-state index contributed by atoms with van der Waals surface area (Å²) in [4.78, 5) is 11.8. The molecule has 1 aromatic rings. The molecule has 0 radical (unpaired) electrons. The second-order valence-electron chi connectivity index (χ2n) is 5.03. The fraction of sp³-hybridized carbons (Fsp3) is 0.562. The molecule has 0 atom stereocenters. The first-order valence-corrected chi connectivity index (χ1v) is 7.57. The molecule has 0 heterocycles. The van der Waals surface area contributed by atoms with Crippen LogP contribution in [0.15, 0.2) is 18.2 Å². The lowest BCUT2D eigenvalue weighted by atomic mass is 10.1. The van der Waals surface area contributed by atoms with Gasteiger partial charge in [-0.05, 0) is 31.0 Å². The van der Waals surface area contributed by atoms with E-state index in [1.54, 1.807) is 6.07 Å². The van der Waals surface area contributed by atoms with Crippen LogP contribution in [0.1, 0.15) is 57.4 Å². The fourth-order valence-electron chi connectivity index (χ4n) is 2.01. The van der Waals surface area contributed by atoms with E-state index >= 15 is 0 Å². The van der Waals surface area contributed by atoms with Crippen molar-refractivity contribution < 1.29 is 4.79 Å². The second-order valence-corrected chi connectivity index (χ2v) is 5.46. The van der Waals surface area contributed by atoms with Crippen LogP contribution in [-0.4, -0.2) is 5.91 Å². The molecular weight excluding hydrogens is 258 g/mol. The number of hydrogen-bond acceptors (Lipinski definition) is 1. The molecule has 0 saturated carbocycles. The van der Waals surface area contributed by atoms with Crippen molar-refractivity contribution in [2.45, 2.75) is 58.8 Å². The number of nitrogens with one attached hydrogen (secondary N) is 1. The first kappa shape index (κ1) is 16.0. The predicted molar refractivity (Wildman–Crippen MR) is 82.8 cm³/mol. The summed E-state index contributed by atoms with van der Waals surface area (Å²) >= 11 is 5.92. The van der Waals surface area contributed by atoms with E-state index in [1.165, 1.54) is 25.7 Å². The predicted octanol–water partition coefficient (Wildman–Crippen LogP) is 5.34. The van der Waals surface area contributed by atoms with Gasteiger partial charge in [0.2, 0.25) is 5.91 Å². The summed E-state index contributed by atoms with van der Waals surface area (Å²) in [7, 11) is 0. The van der Waals surface area contributed by atoms with E-state index in [1.807, 2.05) is 19.1 Å². The van der Waals surface area contributed by atoms with Crippen LogP contribution < -0.4 is 5.32 Å². The number of rotatable bonds is 8. The Kier molecular flexibility index (Phi) is 7.57. The highest BCUT2D eigenvalue weighted by molar-refractivity contribution is 6.31. The van der Waals surface area contributed by atoms with Gasteiger partial charge in [0, 0.05) is 17.1 Å². The zero-order valence-corrected chi connectivity index (χ0v) is 12.7. The maximum Gasteiger partial charge on any atom is 0.224 e. The minimum atomic E-state index is 0.0841. The van der Waals surface area contributed by atoms with Crippen molar-refractivity contribution in [1.82, 2.24) is 0 Å². The van der Waals surface area contributed by atoms with E-state index in [4.69, 9.17) is 11.6 Å². The summed E-state index contributed by atoms with van der Waals surface area (Å²) in [5.41, 5.74) is 1.86. The van der Waals surface area contributed by atoms with Gasteiger partial charge in [0.25, 0.3) is 0 Å².